The molecule has 1 aliphatic rings. The quantitative estimate of drug-likeness (QED) is 0.827. The van der Waals surface area contributed by atoms with Crippen molar-refractivity contribution in [3.8, 4) is 11.3 Å². The Labute approximate surface area is 157 Å². The Morgan fingerprint density at radius 2 is 1.85 bits per heavy atom. The molecule has 2 aromatic rings. The summed E-state index contributed by atoms with van der Waals surface area (Å²) in [7, 11) is 0. The first-order valence-corrected chi connectivity index (χ1v) is 9.95. The van der Waals surface area contributed by atoms with Crippen LogP contribution in [0.25, 0.3) is 11.3 Å². The largest absolute Gasteiger partial charge is 0.341 e. The van der Waals surface area contributed by atoms with E-state index in [0.717, 1.165) is 22.7 Å². The first-order valence-electron chi connectivity index (χ1n) is 9.07. The fourth-order valence-electron chi connectivity index (χ4n) is 3.26. The van der Waals surface area contributed by atoms with Gasteiger partial charge in [0.15, 0.2) is 0 Å². The summed E-state index contributed by atoms with van der Waals surface area (Å²) in [5, 5.41) is 2.96. The minimum absolute atomic E-state index is 0.0716. The van der Waals surface area contributed by atoms with Crippen molar-refractivity contribution in [2.45, 2.75) is 39.2 Å². The van der Waals surface area contributed by atoms with Crippen LogP contribution in [0.15, 0.2) is 29.9 Å². The Balaban J connectivity index is 1.86. The molecule has 0 saturated carbocycles. The van der Waals surface area contributed by atoms with Gasteiger partial charge in [0.05, 0.1) is 11.7 Å². The molecule has 1 saturated heterocycles. The van der Waals surface area contributed by atoms with E-state index in [9.17, 15) is 9.59 Å². The van der Waals surface area contributed by atoms with E-state index in [1.54, 1.807) is 23.7 Å². The molecule has 138 valence electrons. The van der Waals surface area contributed by atoms with Gasteiger partial charge in [-0.3, -0.25) is 14.6 Å². The summed E-state index contributed by atoms with van der Waals surface area (Å²) in [4.78, 5) is 37.2. The topological polar surface area (TPSA) is 66.4 Å². The molecule has 3 heterocycles. The normalized spacial score (nSPS) is 17.8. The fourth-order valence-corrected chi connectivity index (χ4v) is 4.23. The van der Waals surface area contributed by atoms with Crippen LogP contribution >= 0.6 is 11.3 Å². The molecule has 2 amide bonds. The SMILES string of the molecule is CCC(=O)N1CCC(c2nc(-c3ccncc3)cs2)N(C(=O)CC)CC1. The van der Waals surface area contributed by atoms with E-state index in [2.05, 4.69) is 4.98 Å². The zero-order valence-electron chi connectivity index (χ0n) is 15.2. The molecule has 0 bridgehead atoms. The molecule has 1 aliphatic heterocycles. The molecule has 1 fully saturated rings. The number of amides is 2. The van der Waals surface area contributed by atoms with Gasteiger partial charge in [-0.25, -0.2) is 4.98 Å². The third-order valence-electron chi connectivity index (χ3n) is 4.72. The summed E-state index contributed by atoms with van der Waals surface area (Å²) in [5.41, 5.74) is 1.93. The fraction of sp³-hybridized carbons (Fsp3) is 0.474. The van der Waals surface area contributed by atoms with Crippen molar-refractivity contribution in [2.24, 2.45) is 0 Å². The molecule has 26 heavy (non-hydrogen) atoms. The number of hydrogen-bond donors (Lipinski definition) is 0. The molecular weight excluding hydrogens is 348 g/mol. The van der Waals surface area contributed by atoms with Crippen LogP contribution in [-0.2, 0) is 9.59 Å². The molecule has 0 aromatic carbocycles. The molecule has 1 atom stereocenters. The molecule has 2 aromatic heterocycles. The highest BCUT2D eigenvalue weighted by molar-refractivity contribution is 7.10. The van der Waals surface area contributed by atoms with Gasteiger partial charge in [0.1, 0.15) is 5.01 Å². The Bertz CT molecular complexity index is 762. The van der Waals surface area contributed by atoms with E-state index in [1.165, 1.54) is 0 Å². The van der Waals surface area contributed by atoms with Crippen molar-refractivity contribution >= 4 is 23.2 Å². The van der Waals surface area contributed by atoms with E-state index >= 15 is 0 Å². The maximum Gasteiger partial charge on any atom is 0.222 e. The number of rotatable bonds is 4. The van der Waals surface area contributed by atoms with Crippen LogP contribution < -0.4 is 0 Å². The second kappa shape index (κ2) is 8.40. The van der Waals surface area contributed by atoms with Crippen LogP contribution in [0.4, 0.5) is 0 Å². The minimum Gasteiger partial charge on any atom is -0.341 e. The lowest BCUT2D eigenvalue weighted by Crippen LogP contribution is -2.37. The van der Waals surface area contributed by atoms with Gasteiger partial charge in [-0.2, -0.15) is 0 Å². The van der Waals surface area contributed by atoms with Gasteiger partial charge in [0, 0.05) is 55.8 Å². The average Bonchev–Trinajstić information content (AvgIpc) is 3.07. The second-order valence-electron chi connectivity index (χ2n) is 6.29. The van der Waals surface area contributed by atoms with Crippen LogP contribution in [0.1, 0.15) is 44.2 Å². The van der Waals surface area contributed by atoms with Crippen LogP contribution in [-0.4, -0.2) is 51.2 Å². The van der Waals surface area contributed by atoms with E-state index in [1.807, 2.05) is 41.2 Å². The predicted molar refractivity (Wildman–Crippen MR) is 102 cm³/mol. The molecule has 1 unspecified atom stereocenters. The Morgan fingerprint density at radius 3 is 2.54 bits per heavy atom. The number of aromatic nitrogens is 2. The lowest BCUT2D eigenvalue weighted by Gasteiger charge is -2.27. The van der Waals surface area contributed by atoms with Crippen LogP contribution in [0.3, 0.4) is 0 Å². The van der Waals surface area contributed by atoms with Crippen LogP contribution in [0, 0.1) is 0 Å². The molecule has 3 rings (SSSR count). The van der Waals surface area contributed by atoms with Gasteiger partial charge in [0.25, 0.3) is 0 Å². The zero-order chi connectivity index (χ0) is 18.5. The number of carbonyl (C=O) groups is 2. The number of thiazole rings is 1. The monoisotopic (exact) mass is 372 g/mol. The summed E-state index contributed by atoms with van der Waals surface area (Å²) in [6.07, 6.45) is 5.18. The molecule has 0 N–H and O–H groups in total. The smallest absolute Gasteiger partial charge is 0.222 e. The number of carbonyl (C=O) groups excluding carboxylic acids is 2. The van der Waals surface area contributed by atoms with Crippen molar-refractivity contribution in [3.63, 3.8) is 0 Å². The van der Waals surface area contributed by atoms with Crippen molar-refractivity contribution < 1.29 is 9.59 Å². The zero-order valence-corrected chi connectivity index (χ0v) is 16.0. The van der Waals surface area contributed by atoms with Gasteiger partial charge < -0.3 is 9.80 Å². The van der Waals surface area contributed by atoms with Gasteiger partial charge in [-0.15, -0.1) is 11.3 Å². The summed E-state index contributed by atoms with van der Waals surface area (Å²) >= 11 is 1.58. The minimum atomic E-state index is -0.0716. The molecule has 0 radical (unpaired) electrons. The Morgan fingerprint density at radius 1 is 1.12 bits per heavy atom. The number of nitrogens with zero attached hydrogens (tertiary/aromatic N) is 4. The molecule has 0 aliphatic carbocycles. The van der Waals surface area contributed by atoms with E-state index in [0.29, 0.717) is 32.5 Å². The maximum atomic E-state index is 12.5. The van der Waals surface area contributed by atoms with Gasteiger partial charge in [-0.05, 0) is 18.6 Å². The maximum absolute atomic E-state index is 12.5. The number of hydrogen-bond acceptors (Lipinski definition) is 5. The highest BCUT2D eigenvalue weighted by Gasteiger charge is 2.31. The van der Waals surface area contributed by atoms with Gasteiger partial charge in [0.2, 0.25) is 11.8 Å². The molecule has 7 heteroatoms. The van der Waals surface area contributed by atoms with Crippen molar-refractivity contribution in [1.29, 1.82) is 0 Å². The van der Waals surface area contributed by atoms with E-state index in [-0.39, 0.29) is 17.9 Å². The third-order valence-corrected chi connectivity index (χ3v) is 5.67. The Kier molecular flexibility index (Phi) is 5.98. The summed E-state index contributed by atoms with van der Waals surface area (Å²) in [6.45, 7) is 5.57. The average molecular weight is 372 g/mol. The molecular formula is C19H24N4O2S. The second-order valence-corrected chi connectivity index (χ2v) is 7.18. The Hall–Kier alpha value is -2.28. The van der Waals surface area contributed by atoms with Crippen LogP contribution in [0.5, 0.6) is 0 Å². The highest BCUT2D eigenvalue weighted by Crippen LogP contribution is 2.32. The van der Waals surface area contributed by atoms with E-state index in [4.69, 9.17) is 4.98 Å². The first kappa shape index (κ1) is 18.5. The van der Waals surface area contributed by atoms with Gasteiger partial charge in [-0.1, -0.05) is 13.8 Å². The van der Waals surface area contributed by atoms with Crippen LogP contribution in [0.2, 0.25) is 0 Å². The molecule has 6 nitrogen and oxygen atoms in total. The lowest BCUT2D eigenvalue weighted by molar-refractivity contribution is -0.134. The highest BCUT2D eigenvalue weighted by atomic mass is 32.1. The lowest BCUT2D eigenvalue weighted by atomic mass is 10.1. The predicted octanol–water partition coefficient (Wildman–Crippen LogP) is 3.13. The summed E-state index contributed by atoms with van der Waals surface area (Å²) in [5.74, 6) is 0.257. The van der Waals surface area contributed by atoms with Gasteiger partial charge >= 0.3 is 0 Å². The van der Waals surface area contributed by atoms with Crippen molar-refractivity contribution in [2.75, 3.05) is 19.6 Å². The first-order chi connectivity index (χ1) is 12.6. The summed E-state index contributed by atoms with van der Waals surface area (Å²) < 4.78 is 0. The summed E-state index contributed by atoms with van der Waals surface area (Å²) in [6, 6.07) is 3.79. The van der Waals surface area contributed by atoms with E-state index < -0.39 is 0 Å². The number of pyridine rings is 1. The third kappa shape index (κ3) is 3.93. The van der Waals surface area contributed by atoms with Crippen molar-refractivity contribution in [3.05, 3.63) is 34.9 Å². The van der Waals surface area contributed by atoms with Crippen molar-refractivity contribution in [1.82, 2.24) is 19.8 Å². The molecule has 0 spiro atoms. The standard InChI is InChI=1S/C19H24N4O2S/c1-3-17(24)22-10-7-16(23(12-11-22)18(25)4-2)19-21-15(13-26-19)14-5-8-20-9-6-14/h5-6,8-9,13,16H,3-4,7,10-12H2,1-2H3.